The van der Waals surface area contributed by atoms with E-state index in [-0.39, 0.29) is 5.91 Å². The molecule has 1 saturated heterocycles. The van der Waals surface area contributed by atoms with Gasteiger partial charge in [-0.05, 0) is 45.3 Å². The van der Waals surface area contributed by atoms with Gasteiger partial charge in [-0.15, -0.1) is 0 Å². The van der Waals surface area contributed by atoms with Crippen molar-refractivity contribution >= 4 is 5.91 Å². The molecule has 1 fully saturated rings. The van der Waals surface area contributed by atoms with Crippen LogP contribution in [0.2, 0.25) is 0 Å². The highest BCUT2D eigenvalue weighted by molar-refractivity contribution is 5.75. The van der Waals surface area contributed by atoms with Gasteiger partial charge in [-0.1, -0.05) is 6.92 Å². The molecule has 0 spiro atoms. The lowest BCUT2D eigenvalue weighted by atomic mass is 9.90. The van der Waals surface area contributed by atoms with Crippen LogP contribution < -0.4 is 10.6 Å². The second-order valence-electron chi connectivity index (χ2n) is 4.95. The summed E-state index contributed by atoms with van der Waals surface area (Å²) in [7, 11) is 1.70. The molecular formula is C13H27N3O. The van der Waals surface area contributed by atoms with Crippen LogP contribution in [-0.4, -0.2) is 50.1 Å². The minimum atomic E-state index is 0.146. The monoisotopic (exact) mass is 241 g/mol. The van der Waals surface area contributed by atoms with E-state index in [1.165, 1.54) is 12.8 Å². The fourth-order valence-electron chi connectivity index (χ4n) is 2.55. The number of hydrogen-bond acceptors (Lipinski definition) is 3. The van der Waals surface area contributed by atoms with Gasteiger partial charge in [0, 0.05) is 26.1 Å². The summed E-state index contributed by atoms with van der Waals surface area (Å²) in [5.41, 5.74) is 0. The van der Waals surface area contributed by atoms with Gasteiger partial charge in [-0.3, -0.25) is 4.79 Å². The van der Waals surface area contributed by atoms with Crippen LogP contribution in [0.4, 0.5) is 0 Å². The molecule has 1 aliphatic rings. The zero-order valence-corrected chi connectivity index (χ0v) is 11.5. The van der Waals surface area contributed by atoms with Crippen molar-refractivity contribution in [3.05, 3.63) is 0 Å². The van der Waals surface area contributed by atoms with Gasteiger partial charge in [-0.25, -0.2) is 0 Å². The van der Waals surface area contributed by atoms with Gasteiger partial charge in [-0.2, -0.15) is 0 Å². The summed E-state index contributed by atoms with van der Waals surface area (Å²) in [6.07, 6.45) is 3.13. The van der Waals surface area contributed by atoms with Gasteiger partial charge in [0.05, 0.1) is 0 Å². The molecule has 100 valence electrons. The Labute approximate surface area is 105 Å². The highest BCUT2D eigenvalue weighted by Crippen LogP contribution is 2.20. The van der Waals surface area contributed by atoms with E-state index in [2.05, 4.69) is 29.4 Å². The summed E-state index contributed by atoms with van der Waals surface area (Å²) in [6, 6.07) is 0.626. The van der Waals surface area contributed by atoms with Crippen LogP contribution in [0.5, 0.6) is 0 Å². The SMILES string of the molecule is CCNC(C)C1CCN(CCC(=O)NC)CC1. The lowest BCUT2D eigenvalue weighted by Gasteiger charge is -2.35. The minimum absolute atomic E-state index is 0.146. The minimum Gasteiger partial charge on any atom is -0.359 e. The van der Waals surface area contributed by atoms with Gasteiger partial charge in [0.25, 0.3) is 0 Å². The van der Waals surface area contributed by atoms with E-state index < -0.39 is 0 Å². The van der Waals surface area contributed by atoms with Crippen LogP contribution in [0.3, 0.4) is 0 Å². The molecule has 1 amide bonds. The first-order chi connectivity index (χ1) is 8.17. The Morgan fingerprint density at radius 1 is 1.41 bits per heavy atom. The quantitative estimate of drug-likeness (QED) is 0.724. The third kappa shape index (κ3) is 5.04. The molecule has 4 nitrogen and oxygen atoms in total. The molecule has 0 aromatic rings. The van der Waals surface area contributed by atoms with Crippen molar-refractivity contribution in [2.24, 2.45) is 5.92 Å². The van der Waals surface area contributed by atoms with Crippen LogP contribution in [0.25, 0.3) is 0 Å². The molecule has 0 bridgehead atoms. The predicted molar refractivity (Wildman–Crippen MR) is 71.0 cm³/mol. The fraction of sp³-hybridized carbons (Fsp3) is 0.923. The molecule has 0 aromatic carbocycles. The van der Waals surface area contributed by atoms with E-state index in [9.17, 15) is 4.79 Å². The molecule has 1 unspecified atom stereocenters. The van der Waals surface area contributed by atoms with E-state index in [0.29, 0.717) is 12.5 Å². The van der Waals surface area contributed by atoms with Crippen molar-refractivity contribution < 1.29 is 4.79 Å². The molecule has 0 aliphatic carbocycles. The van der Waals surface area contributed by atoms with Crippen molar-refractivity contribution in [3.8, 4) is 0 Å². The largest absolute Gasteiger partial charge is 0.359 e. The van der Waals surface area contributed by atoms with Crippen LogP contribution in [-0.2, 0) is 4.79 Å². The lowest BCUT2D eigenvalue weighted by molar-refractivity contribution is -0.121. The number of hydrogen-bond donors (Lipinski definition) is 2. The summed E-state index contributed by atoms with van der Waals surface area (Å²) in [6.45, 7) is 8.68. The van der Waals surface area contributed by atoms with E-state index in [4.69, 9.17) is 0 Å². The smallest absolute Gasteiger partial charge is 0.221 e. The predicted octanol–water partition coefficient (Wildman–Crippen LogP) is 0.833. The number of piperidine rings is 1. The Hall–Kier alpha value is -0.610. The summed E-state index contributed by atoms with van der Waals surface area (Å²) in [5.74, 6) is 0.944. The molecule has 17 heavy (non-hydrogen) atoms. The Morgan fingerprint density at radius 3 is 2.59 bits per heavy atom. The van der Waals surface area contributed by atoms with Crippen molar-refractivity contribution in [3.63, 3.8) is 0 Å². The lowest BCUT2D eigenvalue weighted by Crippen LogP contribution is -2.42. The van der Waals surface area contributed by atoms with Crippen LogP contribution >= 0.6 is 0 Å². The molecule has 2 N–H and O–H groups in total. The number of carbonyl (C=O) groups excluding carboxylic acids is 1. The van der Waals surface area contributed by atoms with E-state index in [1.54, 1.807) is 7.05 Å². The standard InChI is InChI=1S/C13H27N3O/c1-4-15-11(2)12-5-8-16(9-6-12)10-7-13(17)14-3/h11-12,15H,4-10H2,1-3H3,(H,14,17). The van der Waals surface area contributed by atoms with Gasteiger partial charge >= 0.3 is 0 Å². The molecule has 1 heterocycles. The topological polar surface area (TPSA) is 44.4 Å². The van der Waals surface area contributed by atoms with Gasteiger partial charge in [0.15, 0.2) is 0 Å². The van der Waals surface area contributed by atoms with E-state index in [0.717, 1.165) is 32.1 Å². The van der Waals surface area contributed by atoms with Crippen LogP contribution in [0, 0.1) is 5.92 Å². The Kier molecular flexibility index (Phi) is 6.52. The average Bonchev–Trinajstić information content (AvgIpc) is 2.36. The molecule has 1 aliphatic heterocycles. The van der Waals surface area contributed by atoms with Crippen LogP contribution in [0.15, 0.2) is 0 Å². The number of likely N-dealkylation sites (tertiary alicyclic amines) is 1. The maximum atomic E-state index is 11.2. The third-order valence-corrected chi connectivity index (χ3v) is 3.80. The zero-order valence-electron chi connectivity index (χ0n) is 11.5. The van der Waals surface area contributed by atoms with E-state index >= 15 is 0 Å². The van der Waals surface area contributed by atoms with Crippen molar-refractivity contribution in [2.45, 2.75) is 39.2 Å². The second kappa shape index (κ2) is 7.67. The third-order valence-electron chi connectivity index (χ3n) is 3.80. The molecule has 4 heteroatoms. The number of nitrogens with one attached hydrogen (secondary N) is 2. The summed E-state index contributed by atoms with van der Waals surface area (Å²) >= 11 is 0. The first-order valence-corrected chi connectivity index (χ1v) is 6.83. The van der Waals surface area contributed by atoms with Crippen molar-refractivity contribution in [1.29, 1.82) is 0 Å². The first kappa shape index (κ1) is 14.5. The highest BCUT2D eigenvalue weighted by Gasteiger charge is 2.23. The second-order valence-corrected chi connectivity index (χ2v) is 4.95. The maximum Gasteiger partial charge on any atom is 0.221 e. The molecule has 1 rings (SSSR count). The van der Waals surface area contributed by atoms with Gasteiger partial charge in [0.2, 0.25) is 5.91 Å². The molecule has 0 radical (unpaired) electrons. The van der Waals surface area contributed by atoms with Gasteiger partial charge in [0.1, 0.15) is 0 Å². The normalized spacial score (nSPS) is 20.2. The average molecular weight is 241 g/mol. The van der Waals surface area contributed by atoms with Crippen molar-refractivity contribution in [2.75, 3.05) is 33.2 Å². The summed E-state index contributed by atoms with van der Waals surface area (Å²) in [5, 5.41) is 6.18. The highest BCUT2D eigenvalue weighted by atomic mass is 16.1. The molecule has 0 saturated carbocycles. The molecule has 0 aromatic heterocycles. The Bertz CT molecular complexity index is 225. The fourth-order valence-corrected chi connectivity index (χ4v) is 2.55. The first-order valence-electron chi connectivity index (χ1n) is 6.83. The number of carbonyl (C=O) groups is 1. The summed E-state index contributed by atoms with van der Waals surface area (Å²) < 4.78 is 0. The Balaban J connectivity index is 2.19. The number of rotatable bonds is 6. The summed E-state index contributed by atoms with van der Waals surface area (Å²) in [4.78, 5) is 13.6. The number of amides is 1. The maximum absolute atomic E-state index is 11.2. The van der Waals surface area contributed by atoms with Crippen molar-refractivity contribution in [1.82, 2.24) is 15.5 Å². The Morgan fingerprint density at radius 2 is 2.06 bits per heavy atom. The van der Waals surface area contributed by atoms with Gasteiger partial charge < -0.3 is 15.5 Å². The zero-order chi connectivity index (χ0) is 12.7. The molecule has 1 atom stereocenters. The molecular weight excluding hydrogens is 214 g/mol. The van der Waals surface area contributed by atoms with E-state index in [1.807, 2.05) is 0 Å². The van der Waals surface area contributed by atoms with Crippen LogP contribution in [0.1, 0.15) is 33.1 Å². The number of nitrogens with zero attached hydrogens (tertiary/aromatic N) is 1.